The number of fused-ring (bicyclic) bond motifs is 9. The number of allylic oxidation sites excluding steroid dienone is 5. The number of hydrogen-bond acceptors (Lipinski definition) is 5. The largest absolute Gasteiger partial charge is 0.456 e. The molecule has 0 N–H and O–H groups in total. The third kappa shape index (κ3) is 5.83. The molecule has 0 fully saturated rings. The van der Waals surface area contributed by atoms with Gasteiger partial charge < -0.3 is 13.4 Å². The summed E-state index contributed by atoms with van der Waals surface area (Å²) in [4.78, 5) is 15.4. The van der Waals surface area contributed by atoms with Crippen LogP contribution in [0.4, 0.5) is 0 Å². The van der Waals surface area contributed by atoms with Gasteiger partial charge in [-0.25, -0.2) is 15.0 Å². The second-order valence-corrected chi connectivity index (χ2v) is 16.5. The highest BCUT2D eigenvalue weighted by Gasteiger charge is 2.22. The fraction of sp³-hybridized carbons (Fsp3) is 0.0702. The van der Waals surface area contributed by atoms with Crippen LogP contribution in [-0.4, -0.2) is 19.5 Å². The summed E-state index contributed by atoms with van der Waals surface area (Å²) in [7, 11) is 0. The van der Waals surface area contributed by atoms with Gasteiger partial charge in [0.2, 0.25) is 0 Å². The Morgan fingerprint density at radius 2 is 1.11 bits per heavy atom. The standard InChI is InChI=1S/C57H38N4O2/c1-3-13-35(14-4-1)36-25-27-38(28-26-36)56-58-55(37-15-5-2-6-16-37)59-57(60-56)44-20-12-24-52-54(44)45-33-39(29-31-49(45)62-52)41-19-11-23-51-53(41)46-34-40(30-32-50(46)63-51)61-47-21-9-7-17-42(47)43-18-8-10-22-48(43)61/h1,3-5,7,9-17,19-34H,2,6,8,18H2. The van der Waals surface area contributed by atoms with Crippen LogP contribution < -0.4 is 0 Å². The van der Waals surface area contributed by atoms with Crippen molar-refractivity contribution < 1.29 is 8.83 Å². The molecule has 2 aliphatic rings. The van der Waals surface area contributed by atoms with Crippen molar-refractivity contribution in [1.29, 1.82) is 0 Å². The van der Waals surface area contributed by atoms with Gasteiger partial charge in [0.15, 0.2) is 17.5 Å². The molecule has 0 atom stereocenters. The third-order valence-electron chi connectivity index (χ3n) is 12.8. The number of para-hydroxylation sites is 1. The van der Waals surface area contributed by atoms with Crippen LogP contribution in [-0.2, 0) is 6.42 Å². The highest BCUT2D eigenvalue weighted by Crippen LogP contribution is 2.43. The summed E-state index contributed by atoms with van der Waals surface area (Å²) in [5.41, 5.74) is 15.6. The van der Waals surface area contributed by atoms with Crippen LogP contribution >= 0.6 is 0 Å². The van der Waals surface area contributed by atoms with Crippen molar-refractivity contribution in [1.82, 2.24) is 19.5 Å². The molecular formula is C57H38N4O2. The quantitative estimate of drug-likeness (QED) is 0.167. The monoisotopic (exact) mass is 810 g/mol. The molecule has 2 aliphatic carbocycles. The first-order valence-electron chi connectivity index (χ1n) is 21.7. The lowest BCUT2D eigenvalue weighted by molar-refractivity contribution is 0.669. The van der Waals surface area contributed by atoms with Crippen LogP contribution in [0.1, 0.15) is 36.3 Å². The lowest BCUT2D eigenvalue weighted by Crippen LogP contribution is -2.03. The Bertz CT molecular complexity index is 3730. The summed E-state index contributed by atoms with van der Waals surface area (Å²) in [6.07, 6.45) is 15.2. The number of furan rings is 2. The average Bonchev–Trinajstić information content (AvgIpc) is 4.03. The molecule has 11 aromatic rings. The topological polar surface area (TPSA) is 69.9 Å². The summed E-state index contributed by atoms with van der Waals surface area (Å²) in [6.45, 7) is 0. The van der Waals surface area contributed by atoms with E-state index in [-0.39, 0.29) is 0 Å². The first-order valence-corrected chi connectivity index (χ1v) is 21.7. The molecule has 63 heavy (non-hydrogen) atoms. The molecular weight excluding hydrogens is 773 g/mol. The van der Waals surface area contributed by atoms with E-state index in [0.29, 0.717) is 17.5 Å². The summed E-state index contributed by atoms with van der Waals surface area (Å²) in [5, 5.41) is 5.44. The van der Waals surface area contributed by atoms with Crippen molar-refractivity contribution in [2.75, 3.05) is 0 Å². The van der Waals surface area contributed by atoms with Gasteiger partial charge in [0.05, 0.1) is 5.52 Å². The fourth-order valence-electron chi connectivity index (χ4n) is 9.82. The molecule has 13 rings (SSSR count). The van der Waals surface area contributed by atoms with E-state index in [1.807, 2.05) is 18.2 Å². The van der Waals surface area contributed by atoms with Gasteiger partial charge in [0.1, 0.15) is 22.3 Å². The molecule has 0 spiro atoms. The predicted octanol–water partition coefficient (Wildman–Crippen LogP) is 15.0. The number of benzene rings is 7. The van der Waals surface area contributed by atoms with Crippen LogP contribution in [0.5, 0.6) is 0 Å². The Hall–Kier alpha value is -8.09. The van der Waals surface area contributed by atoms with Crippen molar-refractivity contribution in [3.05, 3.63) is 193 Å². The zero-order chi connectivity index (χ0) is 41.4. The van der Waals surface area contributed by atoms with Crippen molar-refractivity contribution >= 4 is 66.4 Å². The molecule has 7 aromatic carbocycles. The van der Waals surface area contributed by atoms with E-state index in [4.69, 9.17) is 23.8 Å². The summed E-state index contributed by atoms with van der Waals surface area (Å²) in [6, 6.07) is 53.2. The van der Waals surface area contributed by atoms with Gasteiger partial charge in [-0.15, -0.1) is 0 Å². The maximum atomic E-state index is 6.58. The van der Waals surface area contributed by atoms with Crippen LogP contribution in [0, 0.1) is 0 Å². The van der Waals surface area contributed by atoms with Gasteiger partial charge in [-0.2, -0.15) is 0 Å². The van der Waals surface area contributed by atoms with E-state index in [1.165, 1.54) is 27.7 Å². The predicted molar refractivity (Wildman–Crippen MR) is 257 cm³/mol. The molecule has 4 aromatic heterocycles. The third-order valence-corrected chi connectivity index (χ3v) is 12.8. The van der Waals surface area contributed by atoms with Gasteiger partial charge in [-0.3, -0.25) is 0 Å². The Kier molecular flexibility index (Phi) is 8.06. The van der Waals surface area contributed by atoms with Gasteiger partial charge in [0.25, 0.3) is 0 Å². The number of nitrogens with zero attached hydrogens (tertiary/aromatic N) is 4. The second kappa shape index (κ2) is 14.3. The smallest absolute Gasteiger partial charge is 0.164 e. The van der Waals surface area contributed by atoms with Crippen LogP contribution in [0.2, 0.25) is 0 Å². The maximum absolute atomic E-state index is 6.58. The average molecular weight is 811 g/mol. The number of hydrogen-bond donors (Lipinski definition) is 0. The molecule has 0 amide bonds. The second-order valence-electron chi connectivity index (χ2n) is 16.5. The zero-order valence-electron chi connectivity index (χ0n) is 34.3. The van der Waals surface area contributed by atoms with E-state index in [1.54, 1.807) is 0 Å². The molecule has 0 saturated heterocycles. The number of aryl methyl sites for hydroxylation is 1. The number of rotatable bonds is 6. The van der Waals surface area contributed by atoms with Gasteiger partial charge in [-0.05, 0) is 108 Å². The SMILES string of the molecule is C1=CC(c2nc(-c3ccc(-c4ccccc4)cc3)nc(-c3cccc4oc5ccc(-c6cccc7oc8ccc(-n9c%10c(c%11ccccc%119)CCC=C%10)cc8c67)cc5c34)n2)=CCC1. The molecule has 0 aliphatic heterocycles. The van der Waals surface area contributed by atoms with Crippen molar-refractivity contribution in [3.8, 4) is 50.7 Å². The minimum Gasteiger partial charge on any atom is -0.456 e. The minimum absolute atomic E-state index is 0.603. The summed E-state index contributed by atoms with van der Waals surface area (Å²) < 4.78 is 15.6. The summed E-state index contributed by atoms with van der Waals surface area (Å²) >= 11 is 0. The highest BCUT2D eigenvalue weighted by molar-refractivity contribution is 6.16. The van der Waals surface area contributed by atoms with Crippen molar-refractivity contribution in [2.24, 2.45) is 0 Å². The van der Waals surface area contributed by atoms with Crippen LogP contribution in [0.25, 0.3) is 117 Å². The minimum atomic E-state index is 0.603. The van der Waals surface area contributed by atoms with E-state index in [2.05, 4.69) is 168 Å². The van der Waals surface area contributed by atoms with Crippen molar-refractivity contribution in [2.45, 2.75) is 25.7 Å². The van der Waals surface area contributed by atoms with E-state index < -0.39 is 0 Å². The highest BCUT2D eigenvalue weighted by atomic mass is 16.3. The number of aromatic nitrogens is 4. The molecule has 0 saturated carbocycles. The first kappa shape index (κ1) is 35.6. The van der Waals surface area contributed by atoms with E-state index in [9.17, 15) is 0 Å². The van der Waals surface area contributed by atoms with Crippen LogP contribution in [0.15, 0.2) is 185 Å². The first-order chi connectivity index (χ1) is 31.2. The van der Waals surface area contributed by atoms with Gasteiger partial charge in [-0.1, -0.05) is 127 Å². The Morgan fingerprint density at radius 3 is 1.94 bits per heavy atom. The van der Waals surface area contributed by atoms with Gasteiger partial charge in [0, 0.05) is 55.0 Å². The molecule has 0 radical (unpaired) electrons. The lowest BCUT2D eigenvalue weighted by Gasteiger charge is -2.12. The van der Waals surface area contributed by atoms with Gasteiger partial charge >= 0.3 is 0 Å². The zero-order valence-corrected chi connectivity index (χ0v) is 34.3. The molecule has 6 heteroatoms. The Balaban J connectivity index is 0.969. The van der Waals surface area contributed by atoms with E-state index in [0.717, 1.165) is 109 Å². The summed E-state index contributed by atoms with van der Waals surface area (Å²) in [5.74, 6) is 1.89. The lowest BCUT2D eigenvalue weighted by atomic mass is 9.97. The molecule has 6 nitrogen and oxygen atoms in total. The Morgan fingerprint density at radius 1 is 0.444 bits per heavy atom. The molecule has 298 valence electrons. The van der Waals surface area contributed by atoms with Crippen molar-refractivity contribution in [3.63, 3.8) is 0 Å². The fourth-order valence-corrected chi connectivity index (χ4v) is 9.82. The molecule has 4 heterocycles. The maximum Gasteiger partial charge on any atom is 0.164 e. The van der Waals surface area contributed by atoms with Crippen LogP contribution in [0.3, 0.4) is 0 Å². The molecule has 0 bridgehead atoms. The Labute approximate surface area is 362 Å². The normalized spacial score (nSPS) is 13.7. The molecule has 0 unspecified atom stereocenters. The van der Waals surface area contributed by atoms with E-state index >= 15 is 0 Å².